The number of H-pyrrole nitrogens is 1. The number of aromatic nitrogens is 1. The van der Waals surface area contributed by atoms with Gasteiger partial charge >= 0.3 is 0 Å². The second-order valence-corrected chi connectivity index (χ2v) is 6.10. The number of anilines is 1. The van der Waals surface area contributed by atoms with Crippen LogP contribution < -0.4 is 10.3 Å². The van der Waals surface area contributed by atoms with Crippen LogP contribution in [0.1, 0.15) is 0 Å². The number of hydrogen-bond acceptors (Lipinski definition) is 3. The summed E-state index contributed by atoms with van der Waals surface area (Å²) >= 11 is 3.25. The van der Waals surface area contributed by atoms with Gasteiger partial charge in [0.1, 0.15) is 4.90 Å². The summed E-state index contributed by atoms with van der Waals surface area (Å²) in [6, 6.07) is 9.19. The second-order valence-electron chi connectivity index (χ2n) is 3.50. The van der Waals surface area contributed by atoms with Crippen LogP contribution in [0.5, 0.6) is 0 Å². The number of aromatic amines is 1. The topological polar surface area (TPSA) is 79.0 Å². The highest BCUT2D eigenvalue weighted by Crippen LogP contribution is 2.18. The molecule has 1 heterocycles. The molecule has 1 aromatic carbocycles. The van der Waals surface area contributed by atoms with Crippen molar-refractivity contribution in [2.75, 3.05) is 4.72 Å². The molecule has 0 aliphatic heterocycles. The minimum atomic E-state index is -3.69. The summed E-state index contributed by atoms with van der Waals surface area (Å²) in [7, 11) is -3.69. The van der Waals surface area contributed by atoms with Crippen molar-refractivity contribution in [3.05, 3.63) is 57.4 Å². The minimum absolute atomic E-state index is 0.00192. The molecule has 0 fully saturated rings. The zero-order chi connectivity index (χ0) is 13.2. The van der Waals surface area contributed by atoms with Gasteiger partial charge in [-0.05, 0) is 24.3 Å². The number of benzene rings is 1. The molecule has 2 rings (SSSR count). The summed E-state index contributed by atoms with van der Waals surface area (Å²) in [5.41, 5.74) is 0.0898. The Morgan fingerprint density at radius 1 is 1.17 bits per heavy atom. The van der Waals surface area contributed by atoms with Gasteiger partial charge in [-0.3, -0.25) is 9.52 Å². The molecule has 0 spiro atoms. The Balaban J connectivity index is 2.33. The largest absolute Gasteiger partial charge is 0.328 e. The zero-order valence-corrected chi connectivity index (χ0v) is 11.5. The molecule has 7 heteroatoms. The molecule has 2 aromatic rings. The van der Waals surface area contributed by atoms with Crippen LogP contribution >= 0.6 is 15.9 Å². The highest BCUT2D eigenvalue weighted by Gasteiger charge is 2.14. The third-order valence-electron chi connectivity index (χ3n) is 2.14. The lowest BCUT2D eigenvalue weighted by molar-refractivity contribution is 0.600. The molecule has 0 unspecified atom stereocenters. The standard InChI is InChI=1S/C11H9BrN2O3S/c12-8-2-1-3-9(6-8)14-18(16,17)10-4-5-11(15)13-7-10/h1-7,14H,(H,13,15). The van der Waals surface area contributed by atoms with E-state index in [0.29, 0.717) is 5.69 Å². The highest BCUT2D eigenvalue weighted by atomic mass is 79.9. The van der Waals surface area contributed by atoms with Crippen molar-refractivity contribution in [1.29, 1.82) is 0 Å². The summed E-state index contributed by atoms with van der Waals surface area (Å²) in [6.07, 6.45) is 1.16. The van der Waals surface area contributed by atoms with E-state index in [1.165, 1.54) is 6.07 Å². The molecule has 0 aliphatic carbocycles. The van der Waals surface area contributed by atoms with Crippen LogP contribution in [-0.2, 0) is 10.0 Å². The number of nitrogens with one attached hydrogen (secondary N) is 2. The maximum Gasteiger partial charge on any atom is 0.263 e. The van der Waals surface area contributed by atoms with Crippen LogP contribution in [0.3, 0.4) is 0 Å². The van der Waals surface area contributed by atoms with Gasteiger partial charge in [0.05, 0.1) is 0 Å². The summed E-state index contributed by atoms with van der Waals surface area (Å²) in [5, 5.41) is 0. The van der Waals surface area contributed by atoms with Gasteiger partial charge in [-0.15, -0.1) is 0 Å². The van der Waals surface area contributed by atoms with Crippen molar-refractivity contribution in [2.45, 2.75) is 4.90 Å². The molecule has 94 valence electrons. The van der Waals surface area contributed by atoms with E-state index in [4.69, 9.17) is 0 Å². The second kappa shape index (κ2) is 4.95. The third-order valence-corrected chi connectivity index (χ3v) is 4.02. The number of pyridine rings is 1. The van der Waals surface area contributed by atoms with Crippen molar-refractivity contribution in [2.24, 2.45) is 0 Å². The Labute approximate surface area is 112 Å². The first-order chi connectivity index (χ1) is 8.47. The van der Waals surface area contributed by atoms with Crippen molar-refractivity contribution in [1.82, 2.24) is 4.98 Å². The van der Waals surface area contributed by atoms with Gasteiger partial charge in [-0.25, -0.2) is 8.42 Å². The van der Waals surface area contributed by atoms with E-state index in [-0.39, 0.29) is 10.5 Å². The first-order valence-electron chi connectivity index (χ1n) is 4.94. The number of sulfonamides is 1. The lowest BCUT2D eigenvalue weighted by Gasteiger charge is -2.07. The molecule has 0 bridgehead atoms. The molecular formula is C11H9BrN2O3S. The molecule has 0 atom stereocenters. The van der Waals surface area contributed by atoms with E-state index in [1.807, 2.05) is 0 Å². The van der Waals surface area contributed by atoms with E-state index < -0.39 is 10.0 Å². The van der Waals surface area contributed by atoms with Crippen LogP contribution in [-0.4, -0.2) is 13.4 Å². The molecule has 0 aliphatic rings. The number of rotatable bonds is 3. The number of hydrogen-bond donors (Lipinski definition) is 2. The molecule has 0 saturated carbocycles. The lowest BCUT2D eigenvalue weighted by Crippen LogP contribution is -2.15. The third kappa shape index (κ3) is 2.99. The van der Waals surface area contributed by atoms with Gasteiger partial charge in [0.15, 0.2) is 0 Å². The van der Waals surface area contributed by atoms with Crippen LogP contribution in [0.2, 0.25) is 0 Å². The predicted molar refractivity (Wildman–Crippen MR) is 72.0 cm³/mol. The van der Waals surface area contributed by atoms with Crippen LogP contribution in [0.25, 0.3) is 0 Å². The molecule has 18 heavy (non-hydrogen) atoms. The molecule has 0 amide bonds. The van der Waals surface area contributed by atoms with Gasteiger partial charge < -0.3 is 4.98 Å². The first-order valence-corrected chi connectivity index (χ1v) is 7.22. The average molecular weight is 329 g/mol. The molecule has 2 N–H and O–H groups in total. The van der Waals surface area contributed by atoms with Crippen LogP contribution in [0.15, 0.2) is 56.8 Å². The van der Waals surface area contributed by atoms with Gasteiger partial charge in [0.25, 0.3) is 10.0 Å². The summed E-state index contributed by atoms with van der Waals surface area (Å²) in [5.74, 6) is 0. The normalized spacial score (nSPS) is 11.2. The summed E-state index contributed by atoms with van der Waals surface area (Å²) in [6.45, 7) is 0. The first kappa shape index (κ1) is 12.8. The average Bonchev–Trinajstić information content (AvgIpc) is 2.29. The molecule has 5 nitrogen and oxygen atoms in total. The smallest absolute Gasteiger partial charge is 0.263 e. The van der Waals surface area contributed by atoms with E-state index in [0.717, 1.165) is 16.7 Å². The highest BCUT2D eigenvalue weighted by molar-refractivity contribution is 9.10. The fraction of sp³-hybridized carbons (Fsp3) is 0. The van der Waals surface area contributed by atoms with E-state index in [9.17, 15) is 13.2 Å². The van der Waals surface area contributed by atoms with Crippen molar-refractivity contribution in [3.8, 4) is 0 Å². The number of halogens is 1. The Morgan fingerprint density at radius 2 is 1.94 bits per heavy atom. The summed E-state index contributed by atoms with van der Waals surface area (Å²) in [4.78, 5) is 13.2. The molecule has 0 radical (unpaired) electrons. The van der Waals surface area contributed by atoms with Crippen LogP contribution in [0, 0.1) is 0 Å². The van der Waals surface area contributed by atoms with Gasteiger partial charge in [-0.1, -0.05) is 22.0 Å². The molecular weight excluding hydrogens is 320 g/mol. The fourth-order valence-corrected chi connectivity index (χ4v) is 2.75. The maximum absolute atomic E-state index is 12.0. The fourth-order valence-electron chi connectivity index (χ4n) is 1.33. The van der Waals surface area contributed by atoms with Gasteiger partial charge in [-0.2, -0.15) is 0 Å². The van der Waals surface area contributed by atoms with Crippen molar-refractivity contribution >= 4 is 31.6 Å². The van der Waals surface area contributed by atoms with Gasteiger partial charge in [0, 0.05) is 22.4 Å². The monoisotopic (exact) mass is 328 g/mol. The minimum Gasteiger partial charge on any atom is -0.328 e. The van der Waals surface area contributed by atoms with Gasteiger partial charge in [0.2, 0.25) is 5.56 Å². The molecule has 1 aromatic heterocycles. The lowest BCUT2D eigenvalue weighted by atomic mass is 10.3. The Hall–Kier alpha value is -1.60. The van der Waals surface area contributed by atoms with Crippen LogP contribution in [0.4, 0.5) is 5.69 Å². The van der Waals surface area contributed by atoms with E-state index in [1.54, 1.807) is 24.3 Å². The molecule has 0 saturated heterocycles. The van der Waals surface area contributed by atoms with Crippen molar-refractivity contribution in [3.63, 3.8) is 0 Å². The Bertz CT molecular complexity index is 705. The van der Waals surface area contributed by atoms with E-state index >= 15 is 0 Å². The Kier molecular flexibility index (Phi) is 3.53. The quantitative estimate of drug-likeness (QED) is 0.903. The maximum atomic E-state index is 12.0. The summed E-state index contributed by atoms with van der Waals surface area (Å²) < 4.78 is 27.1. The Morgan fingerprint density at radius 3 is 2.56 bits per heavy atom. The predicted octanol–water partition coefficient (Wildman–Crippen LogP) is 1.94. The SMILES string of the molecule is O=c1ccc(S(=O)(=O)Nc2cccc(Br)c2)c[nH]1. The zero-order valence-electron chi connectivity index (χ0n) is 9.05. The van der Waals surface area contributed by atoms with E-state index in [2.05, 4.69) is 25.6 Å². The van der Waals surface area contributed by atoms with Crippen molar-refractivity contribution < 1.29 is 8.42 Å².